The summed E-state index contributed by atoms with van der Waals surface area (Å²) in [4.78, 5) is 7.10. The SMILES string of the molecule is C[C@H](c1ccc(Cl)cc1Cl)[C@@](O)(c1cncnc1)C(F)(F)F. The van der Waals surface area contributed by atoms with Crippen molar-refractivity contribution in [2.45, 2.75) is 24.6 Å². The molecule has 0 radical (unpaired) electrons. The number of benzene rings is 1. The predicted molar refractivity (Wildman–Crippen MR) is 76.9 cm³/mol. The fraction of sp³-hybridized carbons (Fsp3) is 0.286. The first kappa shape index (κ1) is 17.0. The van der Waals surface area contributed by atoms with E-state index in [4.69, 9.17) is 23.2 Å². The van der Waals surface area contributed by atoms with Crippen molar-refractivity contribution in [3.05, 3.63) is 58.1 Å². The van der Waals surface area contributed by atoms with Crippen molar-refractivity contribution in [2.24, 2.45) is 0 Å². The number of halogens is 5. The summed E-state index contributed by atoms with van der Waals surface area (Å²) >= 11 is 11.7. The van der Waals surface area contributed by atoms with Crippen LogP contribution in [0.4, 0.5) is 13.2 Å². The van der Waals surface area contributed by atoms with Crippen molar-refractivity contribution in [1.29, 1.82) is 0 Å². The average molecular weight is 351 g/mol. The molecular weight excluding hydrogens is 340 g/mol. The smallest absolute Gasteiger partial charge is 0.376 e. The van der Waals surface area contributed by atoms with Gasteiger partial charge in [-0.1, -0.05) is 36.2 Å². The predicted octanol–water partition coefficient (Wildman–Crippen LogP) is 4.34. The Hall–Kier alpha value is -1.37. The molecule has 0 aliphatic heterocycles. The first-order chi connectivity index (χ1) is 10.2. The van der Waals surface area contributed by atoms with Gasteiger partial charge in [0.15, 0.2) is 5.60 Å². The maximum atomic E-state index is 13.6. The summed E-state index contributed by atoms with van der Waals surface area (Å²) in [6.07, 6.45) is -2.00. The molecule has 0 saturated heterocycles. The van der Waals surface area contributed by atoms with Crippen LogP contribution in [0, 0.1) is 0 Å². The van der Waals surface area contributed by atoms with Gasteiger partial charge in [-0.15, -0.1) is 0 Å². The maximum absolute atomic E-state index is 13.6. The van der Waals surface area contributed by atoms with Crippen LogP contribution in [0.1, 0.15) is 24.0 Å². The maximum Gasteiger partial charge on any atom is 0.422 e. The highest BCUT2D eigenvalue weighted by atomic mass is 35.5. The number of hydrogen-bond donors (Lipinski definition) is 1. The molecule has 0 aliphatic carbocycles. The van der Waals surface area contributed by atoms with Crippen LogP contribution >= 0.6 is 23.2 Å². The van der Waals surface area contributed by atoms with E-state index in [1.807, 2.05) is 0 Å². The Morgan fingerprint density at radius 2 is 1.73 bits per heavy atom. The zero-order chi connectivity index (χ0) is 16.5. The van der Waals surface area contributed by atoms with Crippen LogP contribution < -0.4 is 0 Å². The summed E-state index contributed by atoms with van der Waals surface area (Å²) < 4.78 is 40.7. The molecule has 0 spiro atoms. The van der Waals surface area contributed by atoms with E-state index in [1.54, 1.807) is 0 Å². The summed E-state index contributed by atoms with van der Waals surface area (Å²) in [5.74, 6) is -1.39. The molecule has 0 unspecified atom stereocenters. The third-order valence-corrected chi connectivity index (χ3v) is 4.05. The Labute approximate surface area is 134 Å². The van der Waals surface area contributed by atoms with Gasteiger partial charge < -0.3 is 5.11 Å². The van der Waals surface area contributed by atoms with E-state index < -0.39 is 23.3 Å². The zero-order valence-corrected chi connectivity index (χ0v) is 12.8. The molecule has 2 rings (SSSR count). The Bertz CT molecular complexity index is 667. The van der Waals surface area contributed by atoms with Gasteiger partial charge in [0.2, 0.25) is 0 Å². The van der Waals surface area contributed by atoms with Crippen LogP contribution in [0.25, 0.3) is 0 Å². The first-order valence-corrected chi connectivity index (χ1v) is 6.93. The highest BCUT2D eigenvalue weighted by molar-refractivity contribution is 6.35. The molecule has 0 fully saturated rings. The van der Waals surface area contributed by atoms with Gasteiger partial charge in [0.25, 0.3) is 0 Å². The molecule has 2 atom stereocenters. The lowest BCUT2D eigenvalue weighted by atomic mass is 9.79. The van der Waals surface area contributed by atoms with Gasteiger partial charge in [-0.05, 0) is 17.7 Å². The zero-order valence-electron chi connectivity index (χ0n) is 11.3. The van der Waals surface area contributed by atoms with Crippen LogP contribution in [0.15, 0.2) is 36.9 Å². The van der Waals surface area contributed by atoms with Crippen molar-refractivity contribution >= 4 is 23.2 Å². The molecule has 1 aromatic carbocycles. The number of rotatable bonds is 3. The second-order valence-electron chi connectivity index (χ2n) is 4.78. The second-order valence-corrected chi connectivity index (χ2v) is 5.62. The van der Waals surface area contributed by atoms with Gasteiger partial charge in [-0.25, -0.2) is 9.97 Å². The molecule has 0 saturated carbocycles. The molecule has 0 bridgehead atoms. The van der Waals surface area contributed by atoms with Crippen molar-refractivity contribution < 1.29 is 18.3 Å². The number of hydrogen-bond acceptors (Lipinski definition) is 3. The molecule has 2 aromatic rings. The average Bonchev–Trinajstić information content (AvgIpc) is 2.45. The van der Waals surface area contributed by atoms with E-state index >= 15 is 0 Å². The molecule has 1 heterocycles. The van der Waals surface area contributed by atoms with E-state index in [9.17, 15) is 18.3 Å². The van der Waals surface area contributed by atoms with Crippen LogP contribution in [0.3, 0.4) is 0 Å². The van der Waals surface area contributed by atoms with E-state index in [0.717, 1.165) is 18.7 Å². The Kier molecular flexibility index (Phi) is 4.65. The summed E-state index contributed by atoms with van der Waals surface area (Å²) in [6, 6.07) is 4.10. The minimum absolute atomic E-state index is 0.0412. The number of aliphatic hydroxyl groups is 1. The molecule has 22 heavy (non-hydrogen) atoms. The largest absolute Gasteiger partial charge is 0.422 e. The third kappa shape index (κ3) is 2.91. The minimum Gasteiger partial charge on any atom is -0.376 e. The molecule has 1 N–H and O–H groups in total. The van der Waals surface area contributed by atoms with Gasteiger partial charge in [0.1, 0.15) is 6.33 Å². The van der Waals surface area contributed by atoms with Crippen LogP contribution in [-0.4, -0.2) is 21.3 Å². The van der Waals surface area contributed by atoms with E-state index in [2.05, 4.69) is 9.97 Å². The van der Waals surface area contributed by atoms with Crippen molar-refractivity contribution in [1.82, 2.24) is 9.97 Å². The van der Waals surface area contributed by atoms with Gasteiger partial charge in [0.05, 0.1) is 0 Å². The Morgan fingerprint density at radius 1 is 1.14 bits per heavy atom. The lowest BCUT2D eigenvalue weighted by molar-refractivity contribution is -0.274. The Balaban J connectivity index is 2.60. The molecular formula is C14H11Cl2F3N2O. The highest BCUT2D eigenvalue weighted by Crippen LogP contribution is 2.49. The van der Waals surface area contributed by atoms with Crippen LogP contribution in [-0.2, 0) is 5.60 Å². The summed E-state index contributed by atoms with van der Waals surface area (Å²) in [5, 5.41) is 10.8. The monoisotopic (exact) mass is 350 g/mol. The fourth-order valence-corrected chi connectivity index (χ4v) is 2.80. The van der Waals surface area contributed by atoms with E-state index in [-0.39, 0.29) is 10.6 Å². The topological polar surface area (TPSA) is 46.0 Å². The highest BCUT2D eigenvalue weighted by Gasteiger charge is 2.59. The molecule has 0 aliphatic rings. The second kappa shape index (κ2) is 6.02. The lowest BCUT2D eigenvalue weighted by Crippen LogP contribution is -2.46. The Morgan fingerprint density at radius 3 is 2.23 bits per heavy atom. The van der Waals surface area contributed by atoms with Gasteiger partial charge in [0, 0.05) is 33.9 Å². The first-order valence-electron chi connectivity index (χ1n) is 6.17. The molecule has 118 valence electrons. The molecule has 0 amide bonds. The van der Waals surface area contributed by atoms with Gasteiger partial charge in [-0.3, -0.25) is 0 Å². The van der Waals surface area contributed by atoms with Crippen molar-refractivity contribution in [3.8, 4) is 0 Å². The van der Waals surface area contributed by atoms with Crippen LogP contribution in [0.5, 0.6) is 0 Å². The number of nitrogens with zero attached hydrogens (tertiary/aromatic N) is 2. The van der Waals surface area contributed by atoms with Gasteiger partial charge >= 0.3 is 6.18 Å². The number of alkyl halides is 3. The standard InChI is InChI=1S/C14H11Cl2F3N2O/c1-8(11-3-2-10(15)4-12(11)16)13(22,14(17,18)19)9-5-20-7-21-6-9/h2-8,22H,1H3/t8-,13-/m1/s1. The van der Waals surface area contributed by atoms with Crippen LogP contribution in [0.2, 0.25) is 10.0 Å². The van der Waals surface area contributed by atoms with E-state index in [0.29, 0.717) is 5.02 Å². The molecule has 1 aromatic heterocycles. The summed E-state index contributed by atoms with van der Waals surface area (Å²) in [7, 11) is 0. The fourth-order valence-electron chi connectivity index (χ4n) is 2.23. The molecule has 3 nitrogen and oxygen atoms in total. The van der Waals surface area contributed by atoms with Crippen molar-refractivity contribution in [3.63, 3.8) is 0 Å². The van der Waals surface area contributed by atoms with Gasteiger partial charge in [-0.2, -0.15) is 13.2 Å². The normalized spacial score (nSPS) is 16.1. The molecule has 8 heteroatoms. The lowest BCUT2D eigenvalue weighted by Gasteiger charge is -2.36. The summed E-state index contributed by atoms with van der Waals surface area (Å²) in [5.41, 5.74) is -3.51. The third-order valence-electron chi connectivity index (χ3n) is 3.49. The van der Waals surface area contributed by atoms with Crippen molar-refractivity contribution in [2.75, 3.05) is 0 Å². The number of aromatic nitrogens is 2. The summed E-state index contributed by atoms with van der Waals surface area (Å²) in [6.45, 7) is 1.23. The quantitative estimate of drug-likeness (QED) is 0.895. The minimum atomic E-state index is -4.94. The van der Waals surface area contributed by atoms with E-state index in [1.165, 1.54) is 25.1 Å².